The van der Waals surface area contributed by atoms with Gasteiger partial charge >= 0.3 is 6.18 Å². The van der Waals surface area contributed by atoms with E-state index in [0.29, 0.717) is 22.2 Å². The summed E-state index contributed by atoms with van der Waals surface area (Å²) in [6.45, 7) is 0. The maximum absolute atomic E-state index is 13.1. The van der Waals surface area contributed by atoms with Gasteiger partial charge in [0.1, 0.15) is 5.75 Å². The Morgan fingerprint density at radius 2 is 1.68 bits per heavy atom. The minimum absolute atomic E-state index is 0.0332. The Morgan fingerprint density at radius 3 is 2.38 bits per heavy atom. The highest BCUT2D eigenvalue weighted by Crippen LogP contribution is 2.32. The summed E-state index contributed by atoms with van der Waals surface area (Å²) in [5, 5.41) is 9.12. The van der Waals surface area contributed by atoms with E-state index in [4.69, 9.17) is 9.26 Å². The number of benzene rings is 3. The number of aromatic nitrogens is 4. The monoisotopic (exact) mass is 464 g/mol. The molecule has 0 spiro atoms. The summed E-state index contributed by atoms with van der Waals surface area (Å²) in [4.78, 5) is 17.4. The number of halogens is 3. The largest absolute Gasteiger partial charge is 0.497 e. The third-order valence-corrected chi connectivity index (χ3v) is 5.20. The molecule has 0 unspecified atom stereocenters. The molecule has 0 radical (unpaired) electrons. The highest BCUT2D eigenvalue weighted by Gasteiger charge is 2.31. The van der Waals surface area contributed by atoms with E-state index in [2.05, 4.69) is 15.2 Å². The maximum atomic E-state index is 13.1. The van der Waals surface area contributed by atoms with Crippen LogP contribution in [0.3, 0.4) is 0 Å². The molecule has 3 aromatic carbocycles. The first-order chi connectivity index (χ1) is 16.3. The van der Waals surface area contributed by atoms with Crippen molar-refractivity contribution in [3.8, 4) is 34.4 Å². The van der Waals surface area contributed by atoms with Crippen molar-refractivity contribution in [2.24, 2.45) is 0 Å². The summed E-state index contributed by atoms with van der Waals surface area (Å²) in [5.41, 5.74) is -0.347. The fourth-order valence-electron chi connectivity index (χ4n) is 3.52. The molecule has 0 atom stereocenters. The van der Waals surface area contributed by atoms with E-state index in [-0.39, 0.29) is 28.5 Å². The van der Waals surface area contributed by atoms with Gasteiger partial charge in [0.25, 0.3) is 11.4 Å². The Hall–Kier alpha value is -4.47. The number of hydrogen-bond donors (Lipinski definition) is 0. The molecule has 7 nitrogen and oxygen atoms in total. The second-order valence-electron chi connectivity index (χ2n) is 7.31. The average Bonchev–Trinajstić information content (AvgIpc) is 3.34. The Morgan fingerprint density at radius 1 is 0.941 bits per heavy atom. The van der Waals surface area contributed by atoms with E-state index in [1.54, 1.807) is 48.5 Å². The van der Waals surface area contributed by atoms with Crippen molar-refractivity contribution in [3.63, 3.8) is 0 Å². The number of hydrogen-bond acceptors (Lipinski definition) is 6. The molecular weight excluding hydrogens is 449 g/mol. The van der Waals surface area contributed by atoms with Crippen LogP contribution in [0, 0.1) is 0 Å². The number of rotatable bonds is 4. The van der Waals surface area contributed by atoms with E-state index in [1.165, 1.54) is 23.9 Å². The smallest absolute Gasteiger partial charge is 0.416 e. The molecule has 34 heavy (non-hydrogen) atoms. The van der Waals surface area contributed by atoms with Gasteiger partial charge in [-0.2, -0.15) is 27.9 Å². The molecule has 0 saturated carbocycles. The molecule has 10 heteroatoms. The van der Waals surface area contributed by atoms with Gasteiger partial charge in [-0.1, -0.05) is 35.5 Å². The van der Waals surface area contributed by atoms with Crippen molar-refractivity contribution in [3.05, 3.63) is 88.7 Å². The fourth-order valence-corrected chi connectivity index (χ4v) is 3.52. The Kier molecular flexibility index (Phi) is 5.12. The number of ether oxygens (including phenoxy) is 1. The number of fused-ring (bicyclic) bond motifs is 1. The third-order valence-electron chi connectivity index (χ3n) is 5.20. The van der Waals surface area contributed by atoms with Crippen LogP contribution in [0.4, 0.5) is 13.2 Å². The fraction of sp³-hybridized carbons (Fsp3) is 0.0833. The first-order valence-corrected chi connectivity index (χ1v) is 10.0. The number of alkyl halides is 3. The predicted molar refractivity (Wildman–Crippen MR) is 118 cm³/mol. The molecule has 170 valence electrons. The molecule has 0 aliphatic carbocycles. The van der Waals surface area contributed by atoms with Crippen molar-refractivity contribution in [2.75, 3.05) is 7.11 Å². The van der Waals surface area contributed by atoms with Crippen LogP contribution in [0.15, 0.2) is 82.1 Å². The highest BCUT2D eigenvalue weighted by molar-refractivity contribution is 5.92. The van der Waals surface area contributed by atoms with Crippen LogP contribution < -0.4 is 10.3 Å². The van der Waals surface area contributed by atoms with Gasteiger partial charge in [0.05, 0.1) is 23.7 Å². The van der Waals surface area contributed by atoms with Crippen molar-refractivity contribution in [2.45, 2.75) is 6.18 Å². The van der Waals surface area contributed by atoms with Crippen LogP contribution >= 0.6 is 0 Å². The lowest BCUT2D eigenvalue weighted by Gasteiger charge is -2.09. The molecule has 0 aliphatic rings. The molecule has 2 aromatic heterocycles. The summed E-state index contributed by atoms with van der Waals surface area (Å²) in [7, 11) is 1.53. The Labute approximate surface area is 190 Å². The lowest BCUT2D eigenvalue weighted by atomic mass is 10.1. The molecule has 5 aromatic rings. The second kappa shape index (κ2) is 8.14. The van der Waals surface area contributed by atoms with E-state index in [1.807, 2.05) is 0 Å². The summed E-state index contributed by atoms with van der Waals surface area (Å²) in [5.74, 6) is 0.542. The molecule has 0 aliphatic heterocycles. The van der Waals surface area contributed by atoms with E-state index in [9.17, 15) is 18.0 Å². The molecule has 0 fully saturated rings. The first-order valence-electron chi connectivity index (χ1n) is 10.0. The molecule has 5 rings (SSSR count). The van der Waals surface area contributed by atoms with Crippen LogP contribution in [0.5, 0.6) is 5.75 Å². The van der Waals surface area contributed by atoms with Crippen molar-refractivity contribution in [1.29, 1.82) is 0 Å². The summed E-state index contributed by atoms with van der Waals surface area (Å²) >= 11 is 0. The van der Waals surface area contributed by atoms with Crippen LogP contribution in [0.25, 0.3) is 39.4 Å². The zero-order valence-corrected chi connectivity index (χ0v) is 17.6. The molecular formula is C24H15F3N4O3. The lowest BCUT2D eigenvalue weighted by molar-refractivity contribution is -0.137. The second-order valence-corrected chi connectivity index (χ2v) is 7.31. The highest BCUT2D eigenvalue weighted by atomic mass is 19.4. The normalized spacial score (nSPS) is 11.6. The van der Waals surface area contributed by atoms with Crippen LogP contribution in [-0.2, 0) is 6.18 Å². The van der Waals surface area contributed by atoms with Gasteiger partial charge in [0, 0.05) is 10.9 Å². The lowest BCUT2D eigenvalue weighted by Crippen LogP contribution is -2.22. The number of methoxy groups -OCH3 is 1. The van der Waals surface area contributed by atoms with Crippen molar-refractivity contribution in [1.82, 2.24) is 19.9 Å². The minimum atomic E-state index is -4.51. The van der Waals surface area contributed by atoms with E-state index < -0.39 is 11.7 Å². The quantitative estimate of drug-likeness (QED) is 0.367. The van der Waals surface area contributed by atoms with Crippen LogP contribution in [0.2, 0.25) is 0 Å². The first kappa shape index (κ1) is 21.4. The van der Waals surface area contributed by atoms with Crippen molar-refractivity contribution >= 4 is 10.8 Å². The minimum Gasteiger partial charge on any atom is -0.497 e. The van der Waals surface area contributed by atoms with Gasteiger partial charge in [0.15, 0.2) is 5.69 Å². The molecule has 0 saturated heterocycles. The SMILES string of the molecule is COc1ccc(-n2nc(-c3nc(-c4cccc(C(F)(F)F)c4)no3)c3ccccc3c2=O)cc1. The van der Waals surface area contributed by atoms with E-state index in [0.717, 1.165) is 12.1 Å². The van der Waals surface area contributed by atoms with Gasteiger partial charge in [-0.3, -0.25) is 4.79 Å². The van der Waals surface area contributed by atoms with Gasteiger partial charge < -0.3 is 9.26 Å². The molecule has 2 heterocycles. The molecule has 0 amide bonds. The zero-order valence-electron chi connectivity index (χ0n) is 17.6. The van der Waals surface area contributed by atoms with E-state index >= 15 is 0 Å². The van der Waals surface area contributed by atoms with Gasteiger partial charge in [-0.15, -0.1) is 0 Å². The Balaban J connectivity index is 1.66. The van der Waals surface area contributed by atoms with Gasteiger partial charge in [0.2, 0.25) is 5.82 Å². The number of nitrogens with zero attached hydrogens (tertiary/aromatic N) is 4. The molecule has 0 N–H and O–H groups in total. The summed E-state index contributed by atoms with van der Waals surface area (Å²) in [6, 6.07) is 18.1. The maximum Gasteiger partial charge on any atom is 0.416 e. The van der Waals surface area contributed by atoms with Gasteiger partial charge in [-0.05, 0) is 42.5 Å². The Bertz CT molecular complexity index is 1560. The third kappa shape index (κ3) is 3.79. The molecule has 0 bridgehead atoms. The topological polar surface area (TPSA) is 83.0 Å². The predicted octanol–water partition coefficient (Wildman–Crippen LogP) is 5.13. The summed E-state index contributed by atoms with van der Waals surface area (Å²) < 4.78 is 51.0. The van der Waals surface area contributed by atoms with Crippen LogP contribution in [-0.4, -0.2) is 27.0 Å². The van der Waals surface area contributed by atoms with Crippen LogP contribution in [0.1, 0.15) is 5.56 Å². The van der Waals surface area contributed by atoms with Crippen molar-refractivity contribution < 1.29 is 22.4 Å². The summed E-state index contributed by atoms with van der Waals surface area (Å²) in [6.07, 6.45) is -4.51. The van der Waals surface area contributed by atoms with Gasteiger partial charge in [-0.25, -0.2) is 0 Å². The standard InChI is InChI=1S/C24H15F3N4O3/c1-33-17-11-9-16(10-12-17)31-23(32)19-8-3-2-7-18(19)20(29-31)22-28-21(30-34-22)14-5-4-6-15(13-14)24(25,26)27/h2-13H,1H3. The zero-order chi connectivity index (χ0) is 23.9. The average molecular weight is 464 g/mol.